The van der Waals surface area contributed by atoms with E-state index < -0.39 is 32.4 Å². The molecule has 4 aliphatic heterocycles. The van der Waals surface area contributed by atoms with Crippen LogP contribution in [0.5, 0.6) is 23.0 Å². The van der Waals surface area contributed by atoms with Gasteiger partial charge in [-0.25, -0.2) is 0 Å². The van der Waals surface area contributed by atoms with E-state index in [1.165, 1.54) is 0 Å². The summed E-state index contributed by atoms with van der Waals surface area (Å²) in [6.07, 6.45) is 12.6. The first-order valence-corrected chi connectivity index (χ1v) is 31.9. The number of benzene rings is 4. The molecule has 4 aromatic rings. The second-order valence-electron chi connectivity index (χ2n) is 31.2. The van der Waals surface area contributed by atoms with Crippen LogP contribution in [0.4, 0.5) is 0 Å². The van der Waals surface area contributed by atoms with Gasteiger partial charge < -0.3 is 36.6 Å². The van der Waals surface area contributed by atoms with E-state index in [1.807, 2.05) is 24.3 Å². The topological polar surface area (TPSA) is 108 Å². The predicted molar refractivity (Wildman–Crippen MR) is 325 cm³/mol. The number of ether oxygens (including phenoxy) is 2. The van der Waals surface area contributed by atoms with Gasteiger partial charge in [-0.05, 0) is 128 Å². The molecular weight excluding hydrogens is 1030 g/mol. The van der Waals surface area contributed by atoms with Crippen molar-refractivity contribution >= 4 is 39.7 Å². The molecule has 0 aliphatic carbocycles. The van der Waals surface area contributed by atoms with Crippen LogP contribution in [0.25, 0.3) is 0 Å². The maximum absolute atomic E-state index is 14.2. The number of carbonyl (C=O) groups excluding carboxylic acids is 2. The van der Waals surface area contributed by atoms with E-state index in [9.17, 15) is 9.59 Å². The molecule has 10 nitrogen and oxygen atoms in total. The third-order valence-corrected chi connectivity index (χ3v) is 19.0. The Hall–Kier alpha value is -4.14. The van der Waals surface area contributed by atoms with Crippen molar-refractivity contribution in [1.82, 2.24) is 0 Å². The molecule has 8 rings (SSSR count). The molecule has 4 heterocycles. The standard InChI is InChI=1S/C67H94O10P2/c1-59(2,3)35-63(13,14)43-23-27-51-47(31-43)55(57(68)74-51)49-33-45(65(17,18)37-61(7,8)9)25-29-53(49)76-78(21)70-39-67(40-71-78)41-72-79(22,73-42-67)77-54-30-26-46(66(19,20)38-62(10,11)12)34-50(54)56-48-32-44(24-28-52(48)75-58(56)69)64(15,16)36-60(4,5)6/h23-34,55-56H,21-22,35-42H2,1-20H3. The maximum atomic E-state index is 14.2. The minimum atomic E-state index is -3.29. The minimum Gasteiger partial charge on any atom is -0.432 e. The molecule has 2 fully saturated rings. The van der Waals surface area contributed by atoms with Crippen molar-refractivity contribution in [3.8, 4) is 23.0 Å². The molecule has 2 atom stereocenters. The molecule has 0 bridgehead atoms. The molecule has 0 N–H and O–H groups in total. The van der Waals surface area contributed by atoms with Crippen molar-refractivity contribution in [2.45, 2.75) is 198 Å². The quantitative estimate of drug-likeness (QED) is 0.0688. The van der Waals surface area contributed by atoms with Gasteiger partial charge in [0.15, 0.2) is 0 Å². The summed E-state index contributed by atoms with van der Waals surface area (Å²) in [6.45, 7) is 45.7. The van der Waals surface area contributed by atoms with Gasteiger partial charge in [0.1, 0.15) is 34.8 Å². The molecule has 79 heavy (non-hydrogen) atoms. The second-order valence-corrected chi connectivity index (χ2v) is 35.0. The average molecular weight is 1120 g/mol. The molecule has 12 heteroatoms. The summed E-state index contributed by atoms with van der Waals surface area (Å²) in [5, 5.41) is 0. The van der Waals surface area contributed by atoms with Crippen molar-refractivity contribution in [1.29, 1.82) is 0 Å². The Balaban J connectivity index is 1.05. The highest BCUT2D eigenvalue weighted by Gasteiger charge is 2.49. The van der Waals surface area contributed by atoms with Crippen molar-refractivity contribution in [3.05, 3.63) is 117 Å². The number of rotatable bonds is 14. The lowest BCUT2D eigenvalue weighted by atomic mass is 9.71. The highest BCUT2D eigenvalue weighted by atomic mass is 31.2. The Bertz CT molecular complexity index is 2860. The van der Waals surface area contributed by atoms with Gasteiger partial charge in [0.05, 0.1) is 31.8 Å². The largest absolute Gasteiger partial charge is 0.432 e. The van der Waals surface area contributed by atoms with E-state index in [1.54, 1.807) is 0 Å². The van der Waals surface area contributed by atoms with Crippen LogP contribution in [0.1, 0.15) is 221 Å². The first-order valence-electron chi connectivity index (χ1n) is 28.4. The van der Waals surface area contributed by atoms with Crippen molar-refractivity contribution in [2.75, 3.05) is 26.4 Å². The van der Waals surface area contributed by atoms with Crippen LogP contribution in [-0.4, -0.2) is 51.0 Å². The van der Waals surface area contributed by atoms with Gasteiger partial charge in [-0.1, -0.05) is 187 Å². The van der Waals surface area contributed by atoms with E-state index in [4.69, 9.17) is 36.6 Å². The Morgan fingerprint density at radius 2 is 0.671 bits per heavy atom. The second kappa shape index (κ2) is 20.6. The van der Waals surface area contributed by atoms with E-state index in [2.05, 4.69) is 200 Å². The summed E-state index contributed by atoms with van der Waals surface area (Å²) in [5.41, 5.74) is 6.18. The highest BCUT2D eigenvalue weighted by molar-refractivity contribution is 7.60. The SMILES string of the molecule is C=P1(Oc2ccc(C(C)(C)CC(C)(C)C)cc2C2C(=O)Oc3ccc(C(C)(C)CC(C)(C)C)cc32)OCC2(CO1)COP(=C)(Oc1ccc(C(C)(C)CC(C)(C)C)cc1C1C(=O)Oc3ccc(C(C)(C)CC(C)(C)C)cc31)OC2. The lowest BCUT2D eigenvalue weighted by Gasteiger charge is -2.45. The lowest BCUT2D eigenvalue weighted by Crippen LogP contribution is -2.46. The molecule has 1 spiro atoms. The van der Waals surface area contributed by atoms with E-state index >= 15 is 0 Å². The van der Waals surface area contributed by atoms with Crippen LogP contribution < -0.4 is 18.5 Å². The number of esters is 2. The van der Waals surface area contributed by atoms with Crippen LogP contribution in [0.2, 0.25) is 0 Å². The zero-order chi connectivity index (χ0) is 58.5. The van der Waals surface area contributed by atoms with Gasteiger partial charge in [-0.15, -0.1) is 0 Å². The van der Waals surface area contributed by atoms with Gasteiger partial charge in [0.25, 0.3) is 0 Å². The van der Waals surface area contributed by atoms with Crippen LogP contribution in [0.15, 0.2) is 72.8 Å². The Morgan fingerprint density at radius 3 is 0.937 bits per heavy atom. The fraction of sp³-hybridized carbons (Fsp3) is 0.582. The highest BCUT2D eigenvalue weighted by Crippen LogP contribution is 2.62. The summed E-state index contributed by atoms with van der Waals surface area (Å²) in [7, 11) is -6.58. The van der Waals surface area contributed by atoms with E-state index in [-0.39, 0.29) is 81.7 Å². The van der Waals surface area contributed by atoms with Crippen molar-refractivity contribution < 1.29 is 46.2 Å². The average Bonchev–Trinajstić information content (AvgIpc) is 4.03. The van der Waals surface area contributed by atoms with Crippen molar-refractivity contribution in [2.24, 2.45) is 27.1 Å². The molecular formula is C67H94O10P2. The Kier molecular flexibility index (Phi) is 15.9. The Morgan fingerprint density at radius 1 is 0.418 bits per heavy atom. The number of hydrogen-bond donors (Lipinski definition) is 0. The zero-order valence-corrected chi connectivity index (χ0v) is 53.4. The first kappa shape index (κ1) is 60.9. The predicted octanol–water partition coefficient (Wildman–Crippen LogP) is 17.6. The molecule has 0 saturated carbocycles. The van der Waals surface area contributed by atoms with Gasteiger partial charge in [-0.3, -0.25) is 9.59 Å². The van der Waals surface area contributed by atoms with E-state index in [0.29, 0.717) is 34.1 Å². The van der Waals surface area contributed by atoms with Crippen LogP contribution >= 0.6 is 15.1 Å². The summed E-state index contributed by atoms with van der Waals surface area (Å²) in [4.78, 5) is 28.5. The van der Waals surface area contributed by atoms with Crippen LogP contribution in [0, 0.1) is 27.1 Å². The van der Waals surface area contributed by atoms with Crippen LogP contribution in [-0.2, 0) is 49.3 Å². The molecule has 0 aromatic heterocycles. The lowest BCUT2D eigenvalue weighted by molar-refractivity contribution is -0.134. The number of carbonyl (C=O) groups is 2. The molecule has 0 amide bonds. The summed E-state index contributed by atoms with van der Waals surface area (Å²) in [6, 6.07) is 24.6. The Labute approximate surface area is 475 Å². The van der Waals surface area contributed by atoms with Gasteiger partial charge in [0, 0.05) is 22.3 Å². The van der Waals surface area contributed by atoms with Gasteiger partial charge in [0.2, 0.25) is 0 Å². The smallest absolute Gasteiger partial charge is 0.323 e. The minimum absolute atomic E-state index is 0.0480. The number of fused-ring (bicyclic) bond motifs is 2. The maximum Gasteiger partial charge on any atom is 0.323 e. The summed E-state index contributed by atoms with van der Waals surface area (Å²) >= 11 is 0. The number of hydrogen-bond acceptors (Lipinski definition) is 10. The van der Waals surface area contributed by atoms with E-state index in [0.717, 1.165) is 59.1 Å². The fourth-order valence-corrected chi connectivity index (χ4v) is 16.9. The first-order chi connectivity index (χ1) is 36.0. The van der Waals surface area contributed by atoms with Gasteiger partial charge in [-0.2, -0.15) is 0 Å². The molecule has 4 aliphatic rings. The molecule has 2 unspecified atom stereocenters. The van der Waals surface area contributed by atoms with Crippen LogP contribution in [0.3, 0.4) is 0 Å². The zero-order valence-electron chi connectivity index (χ0n) is 51.6. The fourth-order valence-electron chi connectivity index (χ4n) is 13.7. The summed E-state index contributed by atoms with van der Waals surface area (Å²) < 4.78 is 52.1. The molecule has 4 aromatic carbocycles. The molecule has 0 radical (unpaired) electrons. The third kappa shape index (κ3) is 13.9. The molecule has 432 valence electrons. The monoisotopic (exact) mass is 1120 g/mol. The summed E-state index contributed by atoms with van der Waals surface area (Å²) in [5.74, 6) is -0.198. The normalized spacial score (nSPS) is 24.3. The molecule has 2 saturated heterocycles. The third-order valence-electron chi connectivity index (χ3n) is 15.9. The van der Waals surface area contributed by atoms with Gasteiger partial charge >= 0.3 is 27.1 Å². The van der Waals surface area contributed by atoms with Crippen molar-refractivity contribution in [3.63, 3.8) is 0 Å².